The van der Waals surface area contributed by atoms with Crippen LogP contribution >= 0.6 is 0 Å². The lowest BCUT2D eigenvalue weighted by atomic mass is 9.91. The van der Waals surface area contributed by atoms with Crippen LogP contribution in [0.3, 0.4) is 0 Å². The van der Waals surface area contributed by atoms with E-state index in [4.69, 9.17) is 0 Å². The standard InChI is InChI=1S/C12H25N3O/c1-5-14-6-8-15(9-7-14)11(16)12(2,3)10-13-4/h13H,5-10H2,1-4H3. The monoisotopic (exact) mass is 227 g/mol. The zero-order valence-corrected chi connectivity index (χ0v) is 11.0. The molecular weight excluding hydrogens is 202 g/mol. The van der Waals surface area contributed by atoms with Gasteiger partial charge in [-0.1, -0.05) is 6.92 Å². The highest BCUT2D eigenvalue weighted by Crippen LogP contribution is 2.18. The van der Waals surface area contributed by atoms with Crippen LogP contribution < -0.4 is 5.32 Å². The minimum Gasteiger partial charge on any atom is -0.340 e. The van der Waals surface area contributed by atoms with E-state index < -0.39 is 0 Å². The van der Waals surface area contributed by atoms with Crippen LogP contribution in [0.25, 0.3) is 0 Å². The third kappa shape index (κ3) is 3.19. The van der Waals surface area contributed by atoms with Gasteiger partial charge in [-0.2, -0.15) is 0 Å². The zero-order chi connectivity index (χ0) is 12.2. The Kier molecular flexibility index (Phi) is 4.74. The summed E-state index contributed by atoms with van der Waals surface area (Å²) in [5.41, 5.74) is -0.289. The molecule has 0 aromatic heterocycles. The van der Waals surface area contributed by atoms with Crippen LogP contribution in [0.2, 0.25) is 0 Å². The van der Waals surface area contributed by atoms with Gasteiger partial charge in [0.2, 0.25) is 5.91 Å². The lowest BCUT2D eigenvalue weighted by molar-refractivity contribution is -0.141. The van der Waals surface area contributed by atoms with Gasteiger partial charge in [-0.3, -0.25) is 4.79 Å². The van der Waals surface area contributed by atoms with Crippen LogP contribution in [0.15, 0.2) is 0 Å². The Hall–Kier alpha value is -0.610. The van der Waals surface area contributed by atoms with Gasteiger partial charge >= 0.3 is 0 Å². The number of nitrogens with one attached hydrogen (secondary N) is 1. The molecule has 1 heterocycles. The number of nitrogens with zero attached hydrogens (tertiary/aromatic N) is 2. The fourth-order valence-corrected chi connectivity index (χ4v) is 2.21. The smallest absolute Gasteiger partial charge is 0.229 e. The van der Waals surface area contributed by atoms with Gasteiger partial charge in [0, 0.05) is 32.7 Å². The van der Waals surface area contributed by atoms with Gasteiger partial charge in [0.25, 0.3) is 0 Å². The molecule has 16 heavy (non-hydrogen) atoms. The fourth-order valence-electron chi connectivity index (χ4n) is 2.21. The number of hydrogen-bond donors (Lipinski definition) is 1. The number of carbonyl (C=O) groups is 1. The van der Waals surface area contributed by atoms with Gasteiger partial charge < -0.3 is 15.1 Å². The molecule has 4 heteroatoms. The second-order valence-electron chi connectivity index (χ2n) is 5.14. The minimum absolute atomic E-state index is 0.276. The van der Waals surface area contributed by atoms with E-state index in [9.17, 15) is 4.79 Å². The van der Waals surface area contributed by atoms with Crippen LogP contribution in [0, 0.1) is 5.41 Å². The maximum absolute atomic E-state index is 12.3. The molecule has 0 aromatic carbocycles. The largest absolute Gasteiger partial charge is 0.340 e. The van der Waals surface area contributed by atoms with E-state index in [0.717, 1.165) is 39.3 Å². The number of hydrogen-bond acceptors (Lipinski definition) is 3. The summed E-state index contributed by atoms with van der Waals surface area (Å²) in [5.74, 6) is 0.276. The molecule has 0 bridgehead atoms. The van der Waals surface area contributed by atoms with Crippen molar-refractivity contribution >= 4 is 5.91 Å². The molecule has 0 aliphatic carbocycles. The predicted octanol–water partition coefficient (Wildman–Crippen LogP) is 0.396. The van der Waals surface area contributed by atoms with E-state index in [2.05, 4.69) is 17.1 Å². The molecule has 1 fully saturated rings. The summed E-state index contributed by atoms with van der Waals surface area (Å²) in [5, 5.41) is 3.09. The maximum Gasteiger partial charge on any atom is 0.229 e. The minimum atomic E-state index is -0.289. The first-order valence-corrected chi connectivity index (χ1v) is 6.17. The van der Waals surface area contributed by atoms with E-state index in [0.29, 0.717) is 0 Å². The maximum atomic E-state index is 12.3. The molecule has 1 N–H and O–H groups in total. The van der Waals surface area contributed by atoms with E-state index in [1.165, 1.54) is 0 Å². The second-order valence-corrected chi connectivity index (χ2v) is 5.14. The van der Waals surface area contributed by atoms with Crippen LogP contribution in [-0.2, 0) is 4.79 Å². The molecule has 0 radical (unpaired) electrons. The SMILES string of the molecule is CCN1CCN(C(=O)C(C)(C)CNC)CC1. The molecule has 1 rings (SSSR count). The fraction of sp³-hybridized carbons (Fsp3) is 0.917. The highest BCUT2D eigenvalue weighted by atomic mass is 16.2. The molecule has 0 spiro atoms. The molecule has 1 amide bonds. The summed E-state index contributed by atoms with van der Waals surface area (Å²) in [4.78, 5) is 16.7. The van der Waals surface area contributed by atoms with E-state index in [1.807, 2.05) is 25.8 Å². The van der Waals surface area contributed by atoms with Crippen molar-refractivity contribution in [3.05, 3.63) is 0 Å². The molecule has 94 valence electrons. The summed E-state index contributed by atoms with van der Waals surface area (Å²) < 4.78 is 0. The van der Waals surface area contributed by atoms with Gasteiger partial charge in [0.1, 0.15) is 0 Å². The first-order chi connectivity index (χ1) is 7.51. The third-order valence-corrected chi connectivity index (χ3v) is 3.30. The number of amides is 1. The topological polar surface area (TPSA) is 35.6 Å². The first kappa shape index (κ1) is 13.5. The number of rotatable bonds is 4. The van der Waals surface area contributed by atoms with Crippen molar-refractivity contribution in [2.75, 3.05) is 46.3 Å². The quantitative estimate of drug-likeness (QED) is 0.755. The second kappa shape index (κ2) is 5.64. The predicted molar refractivity (Wildman–Crippen MR) is 66.4 cm³/mol. The molecule has 0 unspecified atom stereocenters. The van der Waals surface area contributed by atoms with E-state index >= 15 is 0 Å². The van der Waals surface area contributed by atoms with Crippen molar-refractivity contribution in [3.63, 3.8) is 0 Å². The van der Waals surface area contributed by atoms with Crippen molar-refractivity contribution in [1.82, 2.24) is 15.1 Å². The van der Waals surface area contributed by atoms with E-state index in [1.54, 1.807) is 0 Å². The Labute approximate surface area is 99.0 Å². The molecule has 4 nitrogen and oxygen atoms in total. The summed E-state index contributed by atoms with van der Waals surface area (Å²) in [6, 6.07) is 0. The number of likely N-dealkylation sites (N-methyl/N-ethyl adjacent to an activating group) is 1. The van der Waals surface area contributed by atoms with Gasteiger partial charge in [-0.05, 0) is 27.4 Å². The third-order valence-electron chi connectivity index (χ3n) is 3.30. The van der Waals surface area contributed by atoms with Gasteiger partial charge in [0.05, 0.1) is 5.41 Å². The molecule has 0 aromatic rings. The van der Waals surface area contributed by atoms with Crippen molar-refractivity contribution in [2.24, 2.45) is 5.41 Å². The Morgan fingerprint density at radius 2 is 1.81 bits per heavy atom. The highest BCUT2D eigenvalue weighted by Gasteiger charge is 2.32. The number of carbonyl (C=O) groups excluding carboxylic acids is 1. The summed E-state index contributed by atoms with van der Waals surface area (Å²) in [7, 11) is 1.89. The first-order valence-electron chi connectivity index (χ1n) is 6.17. The normalized spacial score (nSPS) is 18.9. The average Bonchev–Trinajstić information content (AvgIpc) is 2.28. The summed E-state index contributed by atoms with van der Waals surface area (Å²) >= 11 is 0. The van der Waals surface area contributed by atoms with E-state index in [-0.39, 0.29) is 11.3 Å². The average molecular weight is 227 g/mol. The molecule has 1 aliphatic heterocycles. The van der Waals surface area contributed by atoms with Gasteiger partial charge in [-0.25, -0.2) is 0 Å². The van der Waals surface area contributed by atoms with Crippen molar-refractivity contribution < 1.29 is 4.79 Å². The van der Waals surface area contributed by atoms with Gasteiger partial charge in [-0.15, -0.1) is 0 Å². The molecular formula is C12H25N3O. The number of piperazine rings is 1. The Bertz CT molecular complexity index is 232. The summed E-state index contributed by atoms with van der Waals surface area (Å²) in [6.45, 7) is 11.8. The Balaban J connectivity index is 2.50. The highest BCUT2D eigenvalue weighted by molar-refractivity contribution is 5.82. The van der Waals surface area contributed by atoms with Crippen molar-refractivity contribution in [2.45, 2.75) is 20.8 Å². The lowest BCUT2D eigenvalue weighted by Gasteiger charge is -2.38. The summed E-state index contributed by atoms with van der Waals surface area (Å²) in [6.07, 6.45) is 0. The van der Waals surface area contributed by atoms with Crippen LogP contribution in [-0.4, -0.2) is 62.0 Å². The van der Waals surface area contributed by atoms with Crippen LogP contribution in [0.5, 0.6) is 0 Å². The molecule has 1 saturated heterocycles. The van der Waals surface area contributed by atoms with Gasteiger partial charge in [0.15, 0.2) is 0 Å². The zero-order valence-electron chi connectivity index (χ0n) is 11.0. The Morgan fingerprint density at radius 1 is 1.25 bits per heavy atom. The molecule has 0 atom stereocenters. The van der Waals surface area contributed by atoms with Crippen LogP contribution in [0.4, 0.5) is 0 Å². The molecule has 0 saturated carbocycles. The van der Waals surface area contributed by atoms with Crippen LogP contribution in [0.1, 0.15) is 20.8 Å². The lowest BCUT2D eigenvalue weighted by Crippen LogP contribution is -2.53. The van der Waals surface area contributed by atoms with Crippen molar-refractivity contribution in [1.29, 1.82) is 0 Å². The molecule has 1 aliphatic rings. The Morgan fingerprint density at radius 3 is 2.25 bits per heavy atom. The van der Waals surface area contributed by atoms with Crippen molar-refractivity contribution in [3.8, 4) is 0 Å².